The molecule has 0 atom stereocenters. The van der Waals surface area contributed by atoms with Crippen molar-refractivity contribution < 1.29 is 9.50 Å². The van der Waals surface area contributed by atoms with Crippen molar-refractivity contribution in [1.29, 1.82) is 0 Å². The number of hydrogen-bond acceptors (Lipinski definition) is 4. The minimum Gasteiger partial charge on any atom is -0.392 e. The molecule has 0 spiro atoms. The van der Waals surface area contributed by atoms with Crippen LogP contribution in [0.2, 0.25) is 5.02 Å². The number of benzene rings is 1. The number of halogens is 2. The highest BCUT2D eigenvalue weighted by atomic mass is 35.5. The van der Waals surface area contributed by atoms with Crippen LogP contribution in [0.4, 0.5) is 4.39 Å². The van der Waals surface area contributed by atoms with Gasteiger partial charge in [-0.3, -0.25) is 0 Å². The molecule has 1 aromatic carbocycles. The molecule has 6 heteroatoms. The Bertz CT molecular complexity index is 606. The van der Waals surface area contributed by atoms with Crippen LogP contribution in [0.1, 0.15) is 18.1 Å². The van der Waals surface area contributed by atoms with Gasteiger partial charge in [0.25, 0.3) is 0 Å². The molecule has 1 aromatic heterocycles. The first-order valence-corrected chi connectivity index (χ1v) is 6.83. The van der Waals surface area contributed by atoms with Crippen LogP contribution in [0, 0.1) is 12.7 Å². The molecule has 1 N–H and O–H groups in total. The van der Waals surface area contributed by atoms with E-state index >= 15 is 0 Å². The number of aliphatic hydroxyl groups is 1. The molecule has 0 saturated carbocycles. The van der Waals surface area contributed by atoms with Gasteiger partial charge in [-0.15, -0.1) is 0 Å². The van der Waals surface area contributed by atoms with Crippen molar-refractivity contribution in [3.63, 3.8) is 0 Å². The normalized spacial score (nSPS) is 11.2. The van der Waals surface area contributed by atoms with Crippen LogP contribution >= 0.6 is 23.4 Å². The number of nitrogens with zero attached hydrogens (tertiary/aromatic N) is 2. The van der Waals surface area contributed by atoms with Crippen molar-refractivity contribution >= 4 is 34.3 Å². The number of thioether (sulfide) groups is 1. The van der Waals surface area contributed by atoms with E-state index in [1.807, 2.05) is 6.92 Å². The summed E-state index contributed by atoms with van der Waals surface area (Å²) in [7, 11) is 0. The van der Waals surface area contributed by atoms with Crippen LogP contribution in [0.25, 0.3) is 10.9 Å². The van der Waals surface area contributed by atoms with E-state index in [4.69, 9.17) is 11.6 Å². The highest BCUT2D eigenvalue weighted by Crippen LogP contribution is 2.32. The van der Waals surface area contributed by atoms with Crippen molar-refractivity contribution in [1.82, 2.24) is 9.97 Å². The van der Waals surface area contributed by atoms with Crippen molar-refractivity contribution in [2.75, 3.05) is 5.75 Å². The SMILES string of the molecule is CCSc1ncc2c(CO)c(Cl)c(C)c(F)c2n1. The maximum Gasteiger partial charge on any atom is 0.188 e. The zero-order valence-electron chi connectivity index (χ0n) is 10.00. The van der Waals surface area contributed by atoms with Gasteiger partial charge in [0.2, 0.25) is 0 Å². The molecule has 0 fully saturated rings. The molecule has 1 heterocycles. The number of fused-ring (bicyclic) bond motifs is 1. The standard InChI is InChI=1S/C12H12ClFN2OS/c1-3-18-12-15-4-7-8(5-17)9(13)6(2)10(14)11(7)16-12/h4,17H,3,5H2,1-2H3. The summed E-state index contributed by atoms with van der Waals surface area (Å²) in [5.41, 5.74) is 0.991. The molecule has 3 nitrogen and oxygen atoms in total. The third-order valence-electron chi connectivity index (χ3n) is 2.65. The lowest BCUT2D eigenvalue weighted by Gasteiger charge is -2.11. The van der Waals surface area contributed by atoms with Crippen molar-refractivity contribution in [2.24, 2.45) is 0 Å². The van der Waals surface area contributed by atoms with E-state index in [0.717, 1.165) is 5.75 Å². The molecule has 96 valence electrons. The monoisotopic (exact) mass is 286 g/mol. The van der Waals surface area contributed by atoms with Gasteiger partial charge in [-0.25, -0.2) is 14.4 Å². The average Bonchev–Trinajstić information content (AvgIpc) is 2.38. The molecular formula is C12H12ClFN2OS. The topological polar surface area (TPSA) is 46.0 Å². The van der Waals surface area contributed by atoms with Crippen LogP contribution in [-0.4, -0.2) is 20.8 Å². The summed E-state index contributed by atoms with van der Waals surface area (Å²) < 4.78 is 14.1. The number of rotatable bonds is 3. The minimum atomic E-state index is -0.451. The lowest BCUT2D eigenvalue weighted by atomic mass is 10.1. The molecule has 0 saturated heterocycles. The summed E-state index contributed by atoms with van der Waals surface area (Å²) in [6.45, 7) is 3.28. The smallest absolute Gasteiger partial charge is 0.188 e. The minimum absolute atomic E-state index is 0.215. The number of aromatic nitrogens is 2. The molecule has 0 unspecified atom stereocenters. The summed E-state index contributed by atoms with van der Waals surface area (Å²) in [5, 5.41) is 10.6. The van der Waals surface area contributed by atoms with Gasteiger partial charge in [0.05, 0.1) is 11.6 Å². The molecule has 18 heavy (non-hydrogen) atoms. The van der Waals surface area contributed by atoms with Crippen LogP contribution < -0.4 is 0 Å². The van der Waals surface area contributed by atoms with E-state index in [1.54, 1.807) is 6.92 Å². The van der Waals surface area contributed by atoms with Gasteiger partial charge in [0.15, 0.2) is 11.0 Å². The quantitative estimate of drug-likeness (QED) is 0.694. The zero-order valence-corrected chi connectivity index (χ0v) is 11.6. The maximum absolute atomic E-state index is 14.1. The fourth-order valence-electron chi connectivity index (χ4n) is 1.73. The first-order chi connectivity index (χ1) is 8.60. The Hall–Kier alpha value is -0.910. The Morgan fingerprint density at radius 1 is 1.50 bits per heavy atom. The highest BCUT2D eigenvalue weighted by Gasteiger charge is 2.17. The molecule has 0 bridgehead atoms. The van der Waals surface area contributed by atoms with Crippen LogP contribution in [0.5, 0.6) is 0 Å². The molecule has 2 rings (SSSR count). The van der Waals surface area contributed by atoms with E-state index < -0.39 is 5.82 Å². The molecular weight excluding hydrogens is 275 g/mol. The average molecular weight is 287 g/mol. The second-order valence-corrected chi connectivity index (χ2v) is 5.35. The second-order valence-electron chi connectivity index (χ2n) is 3.74. The van der Waals surface area contributed by atoms with Gasteiger partial charge in [0.1, 0.15) is 5.52 Å². The Balaban J connectivity index is 2.78. The molecule has 0 radical (unpaired) electrons. The largest absolute Gasteiger partial charge is 0.392 e. The van der Waals surface area contributed by atoms with Crippen LogP contribution in [0.3, 0.4) is 0 Å². The van der Waals surface area contributed by atoms with Gasteiger partial charge in [-0.05, 0) is 12.7 Å². The first-order valence-electron chi connectivity index (χ1n) is 5.47. The third kappa shape index (κ3) is 2.18. The summed E-state index contributed by atoms with van der Waals surface area (Å²) in [4.78, 5) is 8.31. The Morgan fingerprint density at radius 2 is 2.22 bits per heavy atom. The van der Waals surface area contributed by atoms with Gasteiger partial charge in [-0.2, -0.15) is 0 Å². The Kier molecular flexibility index (Phi) is 4.04. The fourth-order valence-corrected chi connectivity index (χ4v) is 2.51. The van der Waals surface area contributed by atoms with Crippen LogP contribution in [-0.2, 0) is 6.61 Å². The lowest BCUT2D eigenvalue weighted by molar-refractivity contribution is 0.283. The molecule has 0 aliphatic carbocycles. The molecule has 0 aliphatic rings. The predicted molar refractivity (Wildman–Crippen MR) is 71.6 cm³/mol. The Morgan fingerprint density at radius 3 is 2.83 bits per heavy atom. The first kappa shape index (κ1) is 13.5. The summed E-state index contributed by atoms with van der Waals surface area (Å²) in [6.07, 6.45) is 1.51. The molecule has 2 aromatic rings. The van der Waals surface area contributed by atoms with E-state index in [9.17, 15) is 9.50 Å². The maximum atomic E-state index is 14.1. The molecule has 0 amide bonds. The van der Waals surface area contributed by atoms with Gasteiger partial charge < -0.3 is 5.11 Å². The Labute approximate surface area is 113 Å². The van der Waals surface area contributed by atoms with Gasteiger partial charge in [-0.1, -0.05) is 30.3 Å². The fraction of sp³-hybridized carbons (Fsp3) is 0.333. The molecule has 0 aliphatic heterocycles. The number of hydrogen-bond donors (Lipinski definition) is 1. The predicted octanol–water partition coefficient (Wildman–Crippen LogP) is 3.34. The van der Waals surface area contributed by atoms with E-state index in [2.05, 4.69) is 9.97 Å². The lowest BCUT2D eigenvalue weighted by Crippen LogP contribution is -1.99. The third-order valence-corrected chi connectivity index (χ3v) is 3.91. The van der Waals surface area contributed by atoms with Gasteiger partial charge in [0, 0.05) is 22.7 Å². The van der Waals surface area contributed by atoms with Crippen LogP contribution in [0.15, 0.2) is 11.4 Å². The van der Waals surface area contributed by atoms with E-state index in [1.165, 1.54) is 18.0 Å². The van der Waals surface area contributed by atoms with Crippen molar-refractivity contribution in [2.45, 2.75) is 25.6 Å². The van der Waals surface area contributed by atoms with Crippen molar-refractivity contribution in [3.05, 3.63) is 28.2 Å². The highest BCUT2D eigenvalue weighted by molar-refractivity contribution is 7.99. The van der Waals surface area contributed by atoms with E-state index in [0.29, 0.717) is 21.7 Å². The number of aliphatic hydroxyl groups excluding tert-OH is 1. The second kappa shape index (κ2) is 5.38. The zero-order chi connectivity index (χ0) is 13.3. The van der Waals surface area contributed by atoms with Crippen molar-refractivity contribution in [3.8, 4) is 0 Å². The van der Waals surface area contributed by atoms with Gasteiger partial charge >= 0.3 is 0 Å². The summed E-state index contributed by atoms with van der Waals surface area (Å²) >= 11 is 7.46. The van der Waals surface area contributed by atoms with E-state index in [-0.39, 0.29) is 17.1 Å². The summed E-state index contributed by atoms with van der Waals surface area (Å²) in [6, 6.07) is 0. The summed E-state index contributed by atoms with van der Waals surface area (Å²) in [5.74, 6) is 0.361.